The Bertz CT molecular complexity index is 558. The molecule has 94 valence electrons. The minimum absolute atomic E-state index is 0.355. The molecule has 0 spiro atoms. The first-order valence-electron chi connectivity index (χ1n) is 6.09. The van der Waals surface area contributed by atoms with E-state index < -0.39 is 0 Å². The number of hydrogen-bond donors (Lipinski definition) is 1. The van der Waals surface area contributed by atoms with E-state index in [1.54, 1.807) is 0 Å². The summed E-state index contributed by atoms with van der Waals surface area (Å²) in [5.41, 5.74) is 7.23. The summed E-state index contributed by atoms with van der Waals surface area (Å²) in [6.45, 7) is 5.09. The smallest absolute Gasteiger partial charge is 0.134 e. The zero-order valence-corrected chi connectivity index (χ0v) is 11.4. The first-order valence-corrected chi connectivity index (χ1v) is 6.97. The van der Waals surface area contributed by atoms with Gasteiger partial charge in [0.2, 0.25) is 0 Å². The fourth-order valence-electron chi connectivity index (χ4n) is 2.54. The van der Waals surface area contributed by atoms with Gasteiger partial charge in [0, 0.05) is 17.5 Å². The fraction of sp³-hybridized carbons (Fsp3) is 0.385. The summed E-state index contributed by atoms with van der Waals surface area (Å²) in [6.07, 6.45) is 1.08. The van der Waals surface area contributed by atoms with Crippen LogP contribution in [0.5, 0.6) is 0 Å². The lowest BCUT2D eigenvalue weighted by Crippen LogP contribution is -2.34. The molecule has 1 atom stereocenters. The Hall–Kier alpha value is -1.62. The van der Waals surface area contributed by atoms with Gasteiger partial charge in [0.25, 0.3) is 0 Å². The third-order valence-corrected chi connectivity index (χ3v) is 4.41. The third-order valence-electron chi connectivity index (χ3n) is 3.42. The second kappa shape index (κ2) is 4.24. The quantitative estimate of drug-likeness (QED) is 0.856. The van der Waals surface area contributed by atoms with E-state index in [1.165, 1.54) is 10.4 Å². The van der Waals surface area contributed by atoms with Crippen molar-refractivity contribution in [1.82, 2.24) is 9.97 Å². The summed E-state index contributed by atoms with van der Waals surface area (Å²) in [5, 5.41) is 2.17. The van der Waals surface area contributed by atoms with Gasteiger partial charge in [-0.3, -0.25) is 0 Å². The predicted molar refractivity (Wildman–Crippen MR) is 75.0 cm³/mol. The molecule has 0 radical (unpaired) electrons. The van der Waals surface area contributed by atoms with E-state index >= 15 is 0 Å². The van der Waals surface area contributed by atoms with Crippen LogP contribution in [0.2, 0.25) is 0 Å². The summed E-state index contributed by atoms with van der Waals surface area (Å²) < 4.78 is 0. The summed E-state index contributed by atoms with van der Waals surface area (Å²) in [6, 6.07) is 4.43. The molecule has 0 bridgehead atoms. The van der Waals surface area contributed by atoms with Gasteiger partial charge in [0.15, 0.2) is 0 Å². The summed E-state index contributed by atoms with van der Waals surface area (Å²) in [5.74, 6) is 2.21. The topological polar surface area (TPSA) is 55.0 Å². The van der Waals surface area contributed by atoms with E-state index in [0.717, 1.165) is 24.6 Å². The Labute approximate surface area is 110 Å². The molecule has 5 heteroatoms. The highest BCUT2D eigenvalue weighted by molar-refractivity contribution is 7.10. The molecule has 2 aromatic rings. The lowest BCUT2D eigenvalue weighted by molar-refractivity contribution is 0.623. The van der Waals surface area contributed by atoms with Crippen molar-refractivity contribution in [2.24, 2.45) is 0 Å². The van der Waals surface area contributed by atoms with Crippen molar-refractivity contribution in [3.05, 3.63) is 33.8 Å². The van der Waals surface area contributed by atoms with E-state index in [1.807, 2.05) is 24.3 Å². The average Bonchev–Trinajstić information content (AvgIpc) is 2.77. The molecular weight excluding hydrogens is 244 g/mol. The van der Waals surface area contributed by atoms with Crippen LogP contribution in [0.1, 0.15) is 29.2 Å². The van der Waals surface area contributed by atoms with Crippen LogP contribution in [-0.4, -0.2) is 16.5 Å². The molecular formula is C13H16N4S. The van der Waals surface area contributed by atoms with Gasteiger partial charge in [-0.05, 0) is 37.3 Å². The van der Waals surface area contributed by atoms with Crippen molar-refractivity contribution in [1.29, 1.82) is 0 Å². The maximum Gasteiger partial charge on any atom is 0.134 e. The van der Waals surface area contributed by atoms with Crippen LogP contribution in [0.25, 0.3) is 0 Å². The molecule has 0 saturated carbocycles. The number of nitrogen functional groups attached to an aromatic ring is 1. The third kappa shape index (κ3) is 1.84. The minimum Gasteiger partial charge on any atom is -0.384 e. The molecule has 0 aromatic carbocycles. The maximum atomic E-state index is 5.81. The Morgan fingerprint density at radius 3 is 3.06 bits per heavy atom. The highest BCUT2D eigenvalue weighted by Crippen LogP contribution is 2.35. The standard InChI is InChI=1S/C13H16N4S/c1-8-10-4-6-18-11(10)3-5-17(8)13-7-12(14)15-9(2)16-13/h4,6-8H,3,5H2,1-2H3,(H2,14,15,16). The van der Waals surface area contributed by atoms with Gasteiger partial charge in [-0.25, -0.2) is 9.97 Å². The van der Waals surface area contributed by atoms with Gasteiger partial charge in [0.05, 0.1) is 6.04 Å². The molecule has 1 aliphatic heterocycles. The number of thiophene rings is 1. The number of nitrogens with zero attached hydrogens (tertiary/aromatic N) is 3. The first kappa shape index (κ1) is 11.5. The fourth-order valence-corrected chi connectivity index (χ4v) is 3.51. The van der Waals surface area contributed by atoms with Gasteiger partial charge in [-0.2, -0.15) is 0 Å². The van der Waals surface area contributed by atoms with E-state index in [9.17, 15) is 0 Å². The average molecular weight is 260 g/mol. The van der Waals surface area contributed by atoms with Crippen LogP contribution >= 0.6 is 11.3 Å². The summed E-state index contributed by atoms with van der Waals surface area (Å²) >= 11 is 1.85. The molecule has 4 nitrogen and oxygen atoms in total. The van der Waals surface area contributed by atoms with Crippen LogP contribution in [0.4, 0.5) is 11.6 Å². The van der Waals surface area contributed by atoms with Crippen molar-refractivity contribution in [2.75, 3.05) is 17.2 Å². The van der Waals surface area contributed by atoms with Crippen molar-refractivity contribution in [3.63, 3.8) is 0 Å². The van der Waals surface area contributed by atoms with Crippen molar-refractivity contribution >= 4 is 23.0 Å². The van der Waals surface area contributed by atoms with Crippen molar-refractivity contribution < 1.29 is 0 Å². The predicted octanol–water partition coefficient (Wildman–Crippen LogP) is 2.55. The van der Waals surface area contributed by atoms with Crippen LogP contribution in [0.15, 0.2) is 17.5 Å². The van der Waals surface area contributed by atoms with Gasteiger partial charge in [-0.15, -0.1) is 11.3 Å². The Morgan fingerprint density at radius 2 is 2.28 bits per heavy atom. The zero-order chi connectivity index (χ0) is 12.7. The molecule has 0 aliphatic carbocycles. The number of fused-ring (bicyclic) bond motifs is 1. The maximum absolute atomic E-state index is 5.81. The molecule has 0 amide bonds. The number of aryl methyl sites for hydroxylation is 1. The highest BCUT2D eigenvalue weighted by Gasteiger charge is 2.25. The molecule has 0 saturated heterocycles. The van der Waals surface area contributed by atoms with E-state index in [0.29, 0.717) is 11.9 Å². The number of rotatable bonds is 1. The SMILES string of the molecule is Cc1nc(N)cc(N2CCc3sccc3C2C)n1. The number of nitrogens with two attached hydrogens (primary N) is 1. The van der Waals surface area contributed by atoms with E-state index in [-0.39, 0.29) is 0 Å². The van der Waals surface area contributed by atoms with Crippen molar-refractivity contribution in [2.45, 2.75) is 26.3 Å². The molecule has 3 heterocycles. The van der Waals surface area contributed by atoms with Crippen LogP contribution < -0.4 is 10.6 Å². The summed E-state index contributed by atoms with van der Waals surface area (Å²) in [4.78, 5) is 12.4. The normalized spacial score (nSPS) is 18.8. The van der Waals surface area contributed by atoms with Gasteiger partial charge >= 0.3 is 0 Å². The number of hydrogen-bond acceptors (Lipinski definition) is 5. The lowest BCUT2D eigenvalue weighted by Gasteiger charge is -2.34. The molecule has 2 aromatic heterocycles. The Morgan fingerprint density at radius 1 is 1.44 bits per heavy atom. The molecule has 1 unspecified atom stereocenters. The lowest BCUT2D eigenvalue weighted by atomic mass is 10.0. The second-order valence-electron chi connectivity index (χ2n) is 4.62. The number of aromatic nitrogens is 2. The monoisotopic (exact) mass is 260 g/mol. The van der Waals surface area contributed by atoms with Crippen LogP contribution in [0.3, 0.4) is 0 Å². The van der Waals surface area contributed by atoms with Crippen LogP contribution in [-0.2, 0) is 6.42 Å². The largest absolute Gasteiger partial charge is 0.384 e. The molecule has 3 rings (SSSR count). The van der Waals surface area contributed by atoms with Gasteiger partial charge < -0.3 is 10.6 Å². The second-order valence-corrected chi connectivity index (χ2v) is 5.62. The Kier molecular flexibility index (Phi) is 2.70. The number of anilines is 2. The summed E-state index contributed by atoms with van der Waals surface area (Å²) in [7, 11) is 0. The first-order chi connectivity index (χ1) is 8.65. The van der Waals surface area contributed by atoms with Crippen LogP contribution in [0, 0.1) is 6.92 Å². The highest BCUT2D eigenvalue weighted by atomic mass is 32.1. The molecule has 18 heavy (non-hydrogen) atoms. The zero-order valence-electron chi connectivity index (χ0n) is 10.6. The van der Waals surface area contributed by atoms with Gasteiger partial charge in [0.1, 0.15) is 17.5 Å². The molecule has 1 aliphatic rings. The van der Waals surface area contributed by atoms with E-state index in [2.05, 4.69) is 33.2 Å². The van der Waals surface area contributed by atoms with Crippen molar-refractivity contribution in [3.8, 4) is 0 Å². The van der Waals surface area contributed by atoms with Gasteiger partial charge in [-0.1, -0.05) is 0 Å². The Balaban J connectivity index is 1.99. The molecule has 0 fully saturated rings. The van der Waals surface area contributed by atoms with E-state index in [4.69, 9.17) is 5.73 Å². The minimum atomic E-state index is 0.355. The molecule has 2 N–H and O–H groups in total.